The average molecular weight is 323 g/mol. The van der Waals surface area contributed by atoms with E-state index < -0.39 is 0 Å². The minimum atomic E-state index is -0.300. The number of hydrogen-bond acceptors (Lipinski definition) is 4. The first kappa shape index (κ1) is 15.7. The fourth-order valence-electron chi connectivity index (χ4n) is 3.40. The maximum atomic E-state index is 11.0. The molecule has 2 aliphatic rings. The van der Waals surface area contributed by atoms with Gasteiger partial charge in [0.1, 0.15) is 5.82 Å². The summed E-state index contributed by atoms with van der Waals surface area (Å²) in [4.78, 5) is 13.6. The van der Waals surface area contributed by atoms with Gasteiger partial charge < -0.3 is 10.3 Å². The van der Waals surface area contributed by atoms with Crippen LogP contribution in [-0.4, -0.2) is 37.2 Å². The smallest absolute Gasteiger partial charge is 0.217 e. The second-order valence-corrected chi connectivity index (χ2v) is 6.91. The molecule has 0 radical (unpaired) electrons. The van der Waals surface area contributed by atoms with Crippen molar-refractivity contribution in [2.24, 2.45) is 12.8 Å². The molecular weight excluding hydrogens is 298 g/mol. The molecule has 2 aliphatic carbocycles. The predicted octanol–water partition coefficient (Wildman–Crippen LogP) is 1.73. The van der Waals surface area contributed by atoms with Gasteiger partial charge in [-0.15, -0.1) is 0 Å². The van der Waals surface area contributed by atoms with Gasteiger partial charge in [0.25, 0.3) is 0 Å². The molecular formula is C15H25N5OS. The number of carbonyl (C=O) groups excluding carboxylic acids is 1. The molecule has 0 spiro atoms. The number of amides is 1. The van der Waals surface area contributed by atoms with Crippen LogP contribution in [0.25, 0.3) is 0 Å². The van der Waals surface area contributed by atoms with Crippen LogP contribution in [0.5, 0.6) is 0 Å². The first-order chi connectivity index (χ1) is 10.6. The van der Waals surface area contributed by atoms with Gasteiger partial charge in [0, 0.05) is 32.0 Å². The Hall–Kier alpha value is -1.21. The van der Waals surface area contributed by atoms with Crippen LogP contribution < -0.4 is 5.73 Å². The zero-order valence-corrected chi connectivity index (χ0v) is 14.0. The summed E-state index contributed by atoms with van der Waals surface area (Å²) in [6.45, 7) is 0.776. The Labute approximate surface area is 136 Å². The zero-order valence-electron chi connectivity index (χ0n) is 13.2. The van der Waals surface area contributed by atoms with Gasteiger partial charge in [0.05, 0.1) is 6.67 Å². The molecule has 0 unspecified atom stereocenters. The van der Waals surface area contributed by atoms with Crippen molar-refractivity contribution < 1.29 is 4.79 Å². The fourth-order valence-corrected chi connectivity index (χ4v) is 3.61. The molecule has 3 rings (SSSR count). The Kier molecular flexibility index (Phi) is 4.63. The van der Waals surface area contributed by atoms with Crippen LogP contribution >= 0.6 is 12.2 Å². The van der Waals surface area contributed by atoms with E-state index in [1.807, 2.05) is 16.3 Å². The highest BCUT2D eigenvalue weighted by molar-refractivity contribution is 7.71. The van der Waals surface area contributed by atoms with Gasteiger partial charge in [-0.25, -0.2) is 4.68 Å². The predicted molar refractivity (Wildman–Crippen MR) is 86.7 cm³/mol. The lowest BCUT2D eigenvalue weighted by molar-refractivity contribution is -0.118. The minimum absolute atomic E-state index is 0.300. The van der Waals surface area contributed by atoms with Crippen molar-refractivity contribution in [2.45, 2.75) is 70.1 Å². The average Bonchev–Trinajstić information content (AvgIpc) is 3.11. The number of aromatic nitrogens is 3. The van der Waals surface area contributed by atoms with E-state index in [-0.39, 0.29) is 5.91 Å². The molecule has 0 aromatic carbocycles. The van der Waals surface area contributed by atoms with Gasteiger partial charge in [-0.2, -0.15) is 5.10 Å². The largest absolute Gasteiger partial charge is 0.370 e. The van der Waals surface area contributed by atoms with Crippen LogP contribution in [-0.2, 0) is 24.9 Å². The van der Waals surface area contributed by atoms with Crippen LogP contribution in [0.15, 0.2) is 0 Å². The van der Waals surface area contributed by atoms with Crippen molar-refractivity contribution in [2.75, 3.05) is 0 Å². The number of nitrogens with zero attached hydrogens (tertiary/aromatic N) is 4. The van der Waals surface area contributed by atoms with Crippen molar-refractivity contribution in [1.29, 1.82) is 0 Å². The molecule has 2 fully saturated rings. The number of rotatable bonds is 7. The number of aryl methyl sites for hydroxylation is 1. The molecule has 0 bridgehead atoms. The quantitative estimate of drug-likeness (QED) is 0.776. The van der Waals surface area contributed by atoms with Crippen molar-refractivity contribution >= 4 is 18.1 Å². The number of primary amides is 1. The molecule has 1 aromatic heterocycles. The maximum absolute atomic E-state index is 11.0. The SMILES string of the molecule is Cn1c(CCC(N)=O)nn(CN(C2CCCC2)C2CC2)c1=S. The molecule has 1 heterocycles. The van der Waals surface area contributed by atoms with Crippen LogP contribution in [0.4, 0.5) is 0 Å². The summed E-state index contributed by atoms with van der Waals surface area (Å²) in [7, 11) is 1.92. The summed E-state index contributed by atoms with van der Waals surface area (Å²) in [6.07, 6.45) is 8.73. The fraction of sp³-hybridized carbons (Fsp3) is 0.800. The third-order valence-electron chi connectivity index (χ3n) is 4.83. The van der Waals surface area contributed by atoms with Crippen molar-refractivity contribution in [3.63, 3.8) is 0 Å². The van der Waals surface area contributed by atoms with E-state index >= 15 is 0 Å². The summed E-state index contributed by atoms with van der Waals surface area (Å²) >= 11 is 5.51. The molecule has 2 saturated carbocycles. The summed E-state index contributed by atoms with van der Waals surface area (Å²) in [5, 5.41) is 4.63. The van der Waals surface area contributed by atoms with Crippen molar-refractivity contribution in [1.82, 2.24) is 19.2 Å². The summed E-state index contributed by atoms with van der Waals surface area (Å²) in [5.74, 6) is 0.539. The van der Waals surface area contributed by atoms with Crippen LogP contribution in [0.3, 0.4) is 0 Å². The Morgan fingerprint density at radius 3 is 2.55 bits per heavy atom. The van der Waals surface area contributed by atoms with Crippen molar-refractivity contribution in [3.05, 3.63) is 10.6 Å². The molecule has 0 aliphatic heterocycles. The van der Waals surface area contributed by atoms with Crippen LogP contribution in [0.2, 0.25) is 0 Å². The van der Waals surface area contributed by atoms with E-state index in [2.05, 4.69) is 10.00 Å². The third kappa shape index (κ3) is 3.41. The zero-order chi connectivity index (χ0) is 15.7. The molecule has 2 N–H and O–H groups in total. The van der Waals surface area contributed by atoms with Gasteiger partial charge in [-0.3, -0.25) is 9.69 Å². The normalized spacial score (nSPS) is 19.2. The molecule has 0 atom stereocenters. The summed E-state index contributed by atoms with van der Waals surface area (Å²) in [6, 6.07) is 1.39. The summed E-state index contributed by atoms with van der Waals surface area (Å²) < 4.78 is 4.54. The number of hydrogen-bond donors (Lipinski definition) is 1. The van der Waals surface area contributed by atoms with Gasteiger partial charge in [-0.1, -0.05) is 12.8 Å². The number of nitrogens with two attached hydrogens (primary N) is 1. The number of carbonyl (C=O) groups is 1. The Morgan fingerprint density at radius 1 is 1.32 bits per heavy atom. The second kappa shape index (κ2) is 6.50. The third-order valence-corrected chi connectivity index (χ3v) is 5.32. The highest BCUT2D eigenvalue weighted by atomic mass is 32.1. The monoisotopic (exact) mass is 323 g/mol. The van der Waals surface area contributed by atoms with Crippen molar-refractivity contribution in [3.8, 4) is 0 Å². The highest BCUT2D eigenvalue weighted by Crippen LogP contribution is 2.34. The Balaban J connectivity index is 1.74. The highest BCUT2D eigenvalue weighted by Gasteiger charge is 2.35. The van der Waals surface area contributed by atoms with E-state index in [1.165, 1.54) is 38.5 Å². The maximum Gasteiger partial charge on any atom is 0.217 e. The van der Waals surface area contributed by atoms with E-state index in [0.29, 0.717) is 24.9 Å². The van der Waals surface area contributed by atoms with Gasteiger partial charge in [0.15, 0.2) is 4.77 Å². The second-order valence-electron chi connectivity index (χ2n) is 6.55. The van der Waals surface area contributed by atoms with Gasteiger partial charge >= 0.3 is 0 Å². The molecule has 0 saturated heterocycles. The molecule has 7 heteroatoms. The Morgan fingerprint density at radius 2 is 1.95 bits per heavy atom. The Bertz CT molecular complexity index is 598. The molecule has 1 amide bonds. The van der Waals surface area contributed by atoms with E-state index in [4.69, 9.17) is 18.0 Å². The van der Waals surface area contributed by atoms with Crippen LogP contribution in [0.1, 0.15) is 50.8 Å². The lowest BCUT2D eigenvalue weighted by Crippen LogP contribution is -2.37. The van der Waals surface area contributed by atoms with Gasteiger partial charge in [-0.05, 0) is 37.9 Å². The van der Waals surface area contributed by atoms with Gasteiger partial charge in [0.2, 0.25) is 5.91 Å². The lowest BCUT2D eigenvalue weighted by atomic mass is 10.2. The van der Waals surface area contributed by atoms with Crippen LogP contribution in [0, 0.1) is 4.77 Å². The van der Waals surface area contributed by atoms with E-state index in [9.17, 15) is 4.79 Å². The topological polar surface area (TPSA) is 69.1 Å². The molecule has 122 valence electrons. The standard InChI is InChI=1S/C15H25N5OS/c1-18-14(9-8-13(16)21)17-20(15(18)22)10-19(12-6-7-12)11-4-2-3-5-11/h11-12H,2-10H2,1H3,(H2,16,21). The first-order valence-electron chi connectivity index (χ1n) is 8.23. The summed E-state index contributed by atoms with van der Waals surface area (Å²) in [5.41, 5.74) is 5.23. The van der Waals surface area contributed by atoms with E-state index in [0.717, 1.165) is 17.3 Å². The minimum Gasteiger partial charge on any atom is -0.370 e. The lowest BCUT2D eigenvalue weighted by Gasteiger charge is -2.28. The molecule has 6 nitrogen and oxygen atoms in total. The molecule has 1 aromatic rings. The molecule has 22 heavy (non-hydrogen) atoms. The van der Waals surface area contributed by atoms with E-state index in [1.54, 1.807) is 0 Å². The first-order valence-corrected chi connectivity index (χ1v) is 8.64.